The average molecular weight is 320 g/mol. The first-order chi connectivity index (χ1) is 11.0. The van der Waals surface area contributed by atoms with E-state index in [1.54, 1.807) is 24.4 Å². The van der Waals surface area contributed by atoms with Gasteiger partial charge >= 0.3 is 12.2 Å². The third-order valence-electron chi connectivity index (χ3n) is 2.30. The molecule has 122 valence electrons. The summed E-state index contributed by atoms with van der Waals surface area (Å²) in [7, 11) is 2.56. The molecule has 2 aromatic rings. The third-order valence-corrected chi connectivity index (χ3v) is 2.30. The number of anilines is 2. The molecule has 0 atom stereocenters. The summed E-state index contributed by atoms with van der Waals surface area (Å²) in [6.07, 6.45) is 4.64. The lowest BCUT2D eigenvalue weighted by Gasteiger charge is -2.01. The maximum absolute atomic E-state index is 10.7. The van der Waals surface area contributed by atoms with E-state index in [4.69, 9.17) is 0 Å². The molecule has 2 N–H and O–H groups in total. The summed E-state index contributed by atoms with van der Waals surface area (Å²) in [5.41, 5.74) is 1.03. The Morgan fingerprint density at radius 2 is 1.70 bits per heavy atom. The van der Waals surface area contributed by atoms with E-state index < -0.39 is 12.2 Å². The van der Waals surface area contributed by atoms with Gasteiger partial charge in [-0.15, -0.1) is 0 Å². The second kappa shape index (κ2) is 9.55. The number of methoxy groups -OCH3 is 2. The molecule has 2 heterocycles. The van der Waals surface area contributed by atoms with E-state index in [0.717, 1.165) is 0 Å². The monoisotopic (exact) mass is 320 g/mol. The van der Waals surface area contributed by atoms with Crippen molar-refractivity contribution < 1.29 is 23.8 Å². The number of aromatic nitrogens is 2. The third kappa shape index (κ3) is 7.27. The van der Waals surface area contributed by atoms with Crippen LogP contribution in [0.5, 0.6) is 0 Å². The van der Waals surface area contributed by atoms with Gasteiger partial charge in [-0.25, -0.2) is 9.59 Å². The van der Waals surface area contributed by atoms with E-state index >= 15 is 0 Å². The van der Waals surface area contributed by atoms with Crippen LogP contribution in [0, 0.1) is 5.21 Å². The fourth-order valence-electron chi connectivity index (χ4n) is 1.30. The molecule has 0 fully saturated rings. The average Bonchev–Trinajstić information content (AvgIpc) is 2.56. The van der Waals surface area contributed by atoms with E-state index in [1.165, 1.54) is 38.9 Å². The van der Waals surface area contributed by atoms with Crippen molar-refractivity contribution in [1.29, 1.82) is 0 Å². The molecule has 0 aliphatic heterocycles. The highest BCUT2D eigenvalue weighted by atomic mass is 16.5. The van der Waals surface area contributed by atoms with Crippen molar-refractivity contribution in [2.24, 2.45) is 0 Å². The van der Waals surface area contributed by atoms with Crippen molar-refractivity contribution in [3.8, 4) is 0 Å². The van der Waals surface area contributed by atoms with Crippen molar-refractivity contribution in [2.45, 2.75) is 0 Å². The summed E-state index contributed by atoms with van der Waals surface area (Å²) in [4.78, 5) is 25.1. The molecule has 23 heavy (non-hydrogen) atoms. The van der Waals surface area contributed by atoms with Crippen LogP contribution in [0.2, 0.25) is 0 Å². The molecule has 0 aliphatic rings. The molecule has 0 aromatic carbocycles. The highest BCUT2D eigenvalue weighted by molar-refractivity contribution is 5.84. The Balaban J connectivity index is 0.000000231. The number of nitrogens with one attached hydrogen (secondary N) is 2. The zero-order valence-corrected chi connectivity index (χ0v) is 12.6. The minimum Gasteiger partial charge on any atom is -0.619 e. The minimum atomic E-state index is -0.596. The zero-order chi connectivity index (χ0) is 17.1. The summed E-state index contributed by atoms with van der Waals surface area (Å²) in [5.74, 6) is 0. The van der Waals surface area contributed by atoms with Gasteiger partial charge in [0.2, 0.25) is 6.20 Å². The Morgan fingerprint density at radius 1 is 1.09 bits per heavy atom. The van der Waals surface area contributed by atoms with Gasteiger partial charge in [-0.3, -0.25) is 15.6 Å². The Kier molecular flexibility index (Phi) is 7.35. The summed E-state index contributed by atoms with van der Waals surface area (Å²) in [6.45, 7) is 0. The van der Waals surface area contributed by atoms with Crippen LogP contribution in [0.1, 0.15) is 0 Å². The number of carbonyl (C=O) groups excluding carboxylic acids is 2. The first kappa shape index (κ1) is 17.7. The van der Waals surface area contributed by atoms with Gasteiger partial charge in [-0.1, -0.05) is 0 Å². The van der Waals surface area contributed by atoms with E-state index in [9.17, 15) is 14.8 Å². The minimum absolute atomic E-state index is 0.402. The smallest absolute Gasteiger partial charge is 0.411 e. The van der Waals surface area contributed by atoms with Gasteiger partial charge in [0, 0.05) is 12.3 Å². The SMILES string of the molecule is COC(=O)Nc1ccc[n+]([O-])c1.COC(=O)Nc1cccnc1. The molecule has 2 aromatic heterocycles. The largest absolute Gasteiger partial charge is 0.619 e. The highest BCUT2D eigenvalue weighted by Gasteiger charge is 2.01. The molecule has 9 nitrogen and oxygen atoms in total. The van der Waals surface area contributed by atoms with Crippen molar-refractivity contribution in [1.82, 2.24) is 4.98 Å². The molecule has 0 radical (unpaired) electrons. The van der Waals surface area contributed by atoms with Gasteiger partial charge in [-0.05, 0) is 18.2 Å². The van der Waals surface area contributed by atoms with Gasteiger partial charge in [0.25, 0.3) is 0 Å². The number of rotatable bonds is 2. The second-order valence-corrected chi connectivity index (χ2v) is 3.93. The Bertz CT molecular complexity index is 636. The first-order valence-corrected chi connectivity index (χ1v) is 6.34. The van der Waals surface area contributed by atoms with E-state index in [2.05, 4.69) is 25.1 Å². The number of nitrogens with zero attached hydrogens (tertiary/aromatic N) is 2. The standard InChI is InChI=1S/C7H8N2O3.C7H8N2O2/c1-12-7(10)8-6-3-2-4-9(11)5-6;1-11-7(10)9-6-3-2-4-8-5-6/h2-5H,1H3,(H,8,10);2-5H,1H3,(H,9,10). The molecule has 0 unspecified atom stereocenters. The lowest BCUT2D eigenvalue weighted by molar-refractivity contribution is -0.604. The highest BCUT2D eigenvalue weighted by Crippen LogP contribution is 2.02. The molecule has 0 aliphatic carbocycles. The molecule has 0 bridgehead atoms. The molecule has 0 saturated heterocycles. The fourth-order valence-corrected chi connectivity index (χ4v) is 1.30. The number of carbonyl (C=O) groups is 2. The van der Waals surface area contributed by atoms with Crippen molar-refractivity contribution in [3.05, 3.63) is 54.3 Å². The van der Waals surface area contributed by atoms with Crippen LogP contribution in [0.3, 0.4) is 0 Å². The van der Waals surface area contributed by atoms with Crippen molar-refractivity contribution in [3.63, 3.8) is 0 Å². The number of pyridine rings is 2. The number of hydrogen-bond donors (Lipinski definition) is 2. The molecule has 2 amide bonds. The summed E-state index contributed by atoms with van der Waals surface area (Å²) in [6, 6.07) is 6.57. The maximum atomic E-state index is 10.7. The molecule has 0 spiro atoms. The Labute approximate surface area is 132 Å². The van der Waals surface area contributed by atoms with Crippen LogP contribution in [0.25, 0.3) is 0 Å². The lowest BCUT2D eigenvalue weighted by atomic mass is 10.4. The predicted octanol–water partition coefficient (Wildman–Crippen LogP) is 1.76. The summed E-state index contributed by atoms with van der Waals surface area (Å²) >= 11 is 0. The van der Waals surface area contributed by atoms with Crippen LogP contribution in [0.15, 0.2) is 49.1 Å². The molecule has 9 heteroatoms. The first-order valence-electron chi connectivity index (χ1n) is 6.34. The number of hydrogen-bond acceptors (Lipinski definition) is 6. The second-order valence-electron chi connectivity index (χ2n) is 3.93. The van der Waals surface area contributed by atoms with Crippen LogP contribution in [0.4, 0.5) is 21.0 Å². The van der Waals surface area contributed by atoms with Gasteiger partial charge in [0.05, 0.1) is 26.1 Å². The summed E-state index contributed by atoms with van der Waals surface area (Å²) in [5, 5.41) is 15.5. The maximum Gasteiger partial charge on any atom is 0.411 e. The van der Waals surface area contributed by atoms with E-state index in [0.29, 0.717) is 16.1 Å². The van der Waals surface area contributed by atoms with Gasteiger partial charge in [-0.2, -0.15) is 4.73 Å². The van der Waals surface area contributed by atoms with Crippen molar-refractivity contribution in [2.75, 3.05) is 24.9 Å². The lowest BCUT2D eigenvalue weighted by Crippen LogP contribution is -2.25. The number of amides is 2. The van der Waals surface area contributed by atoms with Crippen LogP contribution >= 0.6 is 0 Å². The molecule has 0 saturated carbocycles. The van der Waals surface area contributed by atoms with Crippen molar-refractivity contribution >= 4 is 23.6 Å². The molecule has 2 rings (SSSR count). The van der Waals surface area contributed by atoms with Crippen LogP contribution in [-0.4, -0.2) is 31.4 Å². The van der Waals surface area contributed by atoms with Crippen LogP contribution < -0.4 is 15.4 Å². The predicted molar refractivity (Wildman–Crippen MR) is 81.7 cm³/mol. The fraction of sp³-hybridized carbons (Fsp3) is 0.143. The number of ether oxygens (including phenoxy) is 2. The molecular formula is C14H16N4O5. The Morgan fingerprint density at radius 3 is 2.22 bits per heavy atom. The zero-order valence-electron chi connectivity index (χ0n) is 12.6. The van der Waals surface area contributed by atoms with E-state index in [-0.39, 0.29) is 0 Å². The van der Waals surface area contributed by atoms with E-state index in [1.807, 2.05) is 0 Å². The van der Waals surface area contributed by atoms with Gasteiger partial charge in [0.15, 0.2) is 6.20 Å². The van der Waals surface area contributed by atoms with Gasteiger partial charge < -0.3 is 14.7 Å². The molecular weight excluding hydrogens is 304 g/mol. The summed E-state index contributed by atoms with van der Waals surface area (Å²) < 4.78 is 9.30. The van der Waals surface area contributed by atoms with Gasteiger partial charge in [0.1, 0.15) is 5.69 Å². The Hall–Kier alpha value is -3.36. The normalized spacial score (nSPS) is 8.96. The van der Waals surface area contributed by atoms with Crippen LogP contribution in [-0.2, 0) is 9.47 Å². The quantitative estimate of drug-likeness (QED) is 0.643. The topological polar surface area (TPSA) is 116 Å².